The highest BCUT2D eigenvalue weighted by Crippen LogP contribution is 2.42. The van der Waals surface area contributed by atoms with Crippen molar-refractivity contribution in [1.82, 2.24) is 0 Å². The van der Waals surface area contributed by atoms with Crippen molar-refractivity contribution in [3.8, 4) is 0 Å². The van der Waals surface area contributed by atoms with Gasteiger partial charge in [0, 0.05) is 28.1 Å². The Morgan fingerprint density at radius 3 is 1.95 bits per heavy atom. The van der Waals surface area contributed by atoms with Gasteiger partial charge in [0.15, 0.2) is 11.5 Å². The van der Waals surface area contributed by atoms with Gasteiger partial charge in [0.2, 0.25) is 5.78 Å². The van der Waals surface area contributed by atoms with Crippen molar-refractivity contribution in [2.45, 2.75) is 83.0 Å². The van der Waals surface area contributed by atoms with Crippen molar-refractivity contribution in [3.63, 3.8) is 0 Å². The van der Waals surface area contributed by atoms with Crippen LogP contribution in [0.15, 0.2) is 59.9 Å². The second kappa shape index (κ2) is 13.7. The molecule has 38 heavy (non-hydrogen) atoms. The molecule has 6 heteroatoms. The molecule has 0 aromatic heterocycles. The van der Waals surface area contributed by atoms with E-state index in [1.54, 1.807) is 18.2 Å². The predicted octanol–water partition coefficient (Wildman–Crippen LogP) is 8.17. The third-order valence-corrected chi connectivity index (χ3v) is 8.12. The fourth-order valence-electron chi connectivity index (χ4n) is 5.77. The van der Waals surface area contributed by atoms with Gasteiger partial charge in [-0.15, -0.1) is 0 Å². The molecular formula is C32H37ClO5. The van der Waals surface area contributed by atoms with Gasteiger partial charge in [0.25, 0.3) is 0 Å². The van der Waals surface area contributed by atoms with Gasteiger partial charge < -0.3 is 9.84 Å². The van der Waals surface area contributed by atoms with E-state index in [1.807, 2.05) is 18.2 Å². The van der Waals surface area contributed by atoms with Crippen LogP contribution in [0.2, 0.25) is 5.02 Å². The van der Waals surface area contributed by atoms with Crippen LogP contribution in [-0.2, 0) is 9.53 Å². The van der Waals surface area contributed by atoms with Gasteiger partial charge in [-0.05, 0) is 68.1 Å². The van der Waals surface area contributed by atoms with E-state index in [0.717, 1.165) is 75.7 Å². The lowest BCUT2D eigenvalue weighted by Gasteiger charge is -2.32. The fraction of sp³-hybridized carbons (Fsp3) is 0.469. The minimum absolute atomic E-state index is 0.0177. The Balaban J connectivity index is 1.36. The molecule has 4 rings (SSSR count). The van der Waals surface area contributed by atoms with Crippen LogP contribution in [0.3, 0.4) is 0 Å². The summed E-state index contributed by atoms with van der Waals surface area (Å²) in [6.45, 7) is 0.416. The monoisotopic (exact) mass is 536 g/mol. The fourth-order valence-corrected chi connectivity index (χ4v) is 5.90. The number of hydrogen-bond donors (Lipinski definition) is 1. The number of fused-ring (bicyclic) bond motifs is 1. The van der Waals surface area contributed by atoms with Crippen LogP contribution >= 0.6 is 11.6 Å². The molecule has 0 amide bonds. The second-order valence-corrected chi connectivity index (χ2v) is 11.0. The number of Topliss-reactive ketones (excluding diaryl/α,β-unsaturated/α-hetero) is 2. The van der Waals surface area contributed by atoms with Gasteiger partial charge in [-0.2, -0.15) is 0 Å². The molecule has 2 aromatic rings. The summed E-state index contributed by atoms with van der Waals surface area (Å²) in [5.41, 5.74) is 2.77. The molecule has 0 saturated heterocycles. The molecule has 202 valence electrons. The summed E-state index contributed by atoms with van der Waals surface area (Å²) in [4.78, 5) is 37.7. The van der Waals surface area contributed by atoms with E-state index in [2.05, 4.69) is 12.1 Å². The molecule has 0 aliphatic heterocycles. The average Bonchev–Trinajstić information content (AvgIpc) is 2.93. The van der Waals surface area contributed by atoms with Crippen LogP contribution in [0, 0.1) is 5.92 Å². The number of carboxylic acids is 1. The lowest BCUT2D eigenvalue weighted by atomic mass is 9.72. The van der Waals surface area contributed by atoms with Crippen molar-refractivity contribution in [2.24, 2.45) is 5.92 Å². The molecule has 5 nitrogen and oxygen atoms in total. The van der Waals surface area contributed by atoms with Crippen LogP contribution in [-0.4, -0.2) is 29.2 Å². The number of aliphatic carboxylic acids is 1. The number of carboxylic acid groups (broad SMARTS) is 1. The minimum atomic E-state index is -0.733. The number of rotatable bonds is 13. The molecule has 0 spiro atoms. The predicted molar refractivity (Wildman–Crippen MR) is 149 cm³/mol. The SMILES string of the molecule is O=C(O)CCCCCCCCCOC1=C(C2CCC(c3ccc(Cl)cc3)CC2)C(=O)c2ccccc2C1=O. The van der Waals surface area contributed by atoms with E-state index >= 15 is 0 Å². The average molecular weight is 537 g/mol. The normalized spacial score (nSPS) is 19.4. The number of carbonyl (C=O) groups is 3. The zero-order valence-corrected chi connectivity index (χ0v) is 22.7. The second-order valence-electron chi connectivity index (χ2n) is 10.5. The Hall–Kier alpha value is -2.92. The van der Waals surface area contributed by atoms with Crippen LogP contribution < -0.4 is 0 Å². The van der Waals surface area contributed by atoms with E-state index in [4.69, 9.17) is 21.4 Å². The summed E-state index contributed by atoms with van der Waals surface area (Å²) in [6.07, 6.45) is 10.5. The van der Waals surface area contributed by atoms with Crippen molar-refractivity contribution >= 4 is 29.1 Å². The van der Waals surface area contributed by atoms with E-state index in [9.17, 15) is 14.4 Å². The highest BCUT2D eigenvalue weighted by atomic mass is 35.5. The number of carbonyl (C=O) groups excluding carboxylic acids is 2. The van der Waals surface area contributed by atoms with Gasteiger partial charge in [-0.3, -0.25) is 14.4 Å². The van der Waals surface area contributed by atoms with Gasteiger partial charge in [0.05, 0.1) is 6.61 Å². The number of halogens is 1. The van der Waals surface area contributed by atoms with Gasteiger partial charge in [0.1, 0.15) is 0 Å². The molecule has 1 fully saturated rings. The molecule has 1 N–H and O–H groups in total. The summed E-state index contributed by atoms with van der Waals surface area (Å²) >= 11 is 6.06. The molecule has 0 unspecified atom stereocenters. The first kappa shape index (κ1) is 28.1. The highest BCUT2D eigenvalue weighted by molar-refractivity contribution is 6.30. The number of benzene rings is 2. The van der Waals surface area contributed by atoms with E-state index in [1.165, 1.54) is 5.56 Å². The maximum Gasteiger partial charge on any atom is 0.303 e. The number of hydrogen-bond acceptors (Lipinski definition) is 4. The maximum absolute atomic E-state index is 13.6. The topological polar surface area (TPSA) is 80.7 Å². The molecule has 2 aliphatic rings. The van der Waals surface area contributed by atoms with Crippen molar-refractivity contribution in [2.75, 3.05) is 6.61 Å². The molecule has 0 bridgehead atoms. The van der Waals surface area contributed by atoms with E-state index < -0.39 is 5.97 Å². The molecule has 1 saturated carbocycles. The number of unbranched alkanes of at least 4 members (excludes halogenated alkanes) is 6. The molecule has 2 aliphatic carbocycles. The summed E-state index contributed by atoms with van der Waals surface area (Å²) in [5.74, 6) is -0.260. The summed E-state index contributed by atoms with van der Waals surface area (Å²) in [7, 11) is 0. The van der Waals surface area contributed by atoms with Crippen molar-refractivity contribution < 1.29 is 24.2 Å². The first-order valence-corrected chi connectivity index (χ1v) is 14.4. The Kier molecular flexibility index (Phi) is 10.2. The van der Waals surface area contributed by atoms with Crippen LogP contribution in [0.25, 0.3) is 0 Å². The lowest BCUT2D eigenvalue weighted by molar-refractivity contribution is -0.137. The quantitative estimate of drug-likeness (QED) is 0.261. The lowest BCUT2D eigenvalue weighted by Crippen LogP contribution is -2.29. The van der Waals surface area contributed by atoms with Crippen molar-refractivity contribution in [3.05, 3.63) is 81.6 Å². The summed E-state index contributed by atoms with van der Waals surface area (Å²) < 4.78 is 6.11. The molecule has 2 aromatic carbocycles. The maximum atomic E-state index is 13.6. The van der Waals surface area contributed by atoms with Gasteiger partial charge in [-0.25, -0.2) is 0 Å². The summed E-state index contributed by atoms with van der Waals surface area (Å²) in [5, 5.41) is 9.44. The van der Waals surface area contributed by atoms with Gasteiger partial charge >= 0.3 is 5.97 Å². The van der Waals surface area contributed by atoms with E-state index in [0.29, 0.717) is 29.2 Å². The zero-order chi connectivity index (χ0) is 26.9. The third-order valence-electron chi connectivity index (χ3n) is 7.87. The largest absolute Gasteiger partial charge is 0.489 e. The Morgan fingerprint density at radius 2 is 1.32 bits per heavy atom. The van der Waals surface area contributed by atoms with Crippen LogP contribution in [0.4, 0.5) is 0 Å². The Bertz CT molecular complexity index is 1160. The number of ketones is 2. The summed E-state index contributed by atoms with van der Waals surface area (Å²) in [6, 6.07) is 15.1. The number of allylic oxidation sites excluding steroid dienone is 2. The first-order chi connectivity index (χ1) is 18.5. The first-order valence-electron chi connectivity index (χ1n) is 14.0. The minimum Gasteiger partial charge on any atom is -0.489 e. The molecule has 0 atom stereocenters. The molecular weight excluding hydrogens is 500 g/mol. The Morgan fingerprint density at radius 1 is 0.763 bits per heavy atom. The van der Waals surface area contributed by atoms with Crippen LogP contribution in [0.5, 0.6) is 0 Å². The standard InChI is InChI=1S/C32H37ClO5/c33-25-19-17-23(18-20-25)22-13-15-24(16-14-22)29-30(36)26-10-7-8-11-27(26)31(37)32(29)38-21-9-5-3-1-2-4-6-12-28(34)35/h7-8,10-11,17-20,22,24H,1-6,9,12-16,21H2,(H,34,35). The van der Waals surface area contributed by atoms with E-state index in [-0.39, 0.29) is 29.7 Å². The Labute approximate surface area is 230 Å². The smallest absolute Gasteiger partial charge is 0.303 e. The molecule has 0 heterocycles. The highest BCUT2D eigenvalue weighted by Gasteiger charge is 2.38. The number of ether oxygens (including phenoxy) is 1. The van der Waals surface area contributed by atoms with Crippen LogP contribution in [0.1, 0.15) is 109 Å². The molecule has 0 radical (unpaired) electrons. The van der Waals surface area contributed by atoms with Crippen molar-refractivity contribution in [1.29, 1.82) is 0 Å². The van der Waals surface area contributed by atoms with Gasteiger partial charge in [-0.1, -0.05) is 80.1 Å². The third kappa shape index (κ3) is 7.13. The zero-order valence-electron chi connectivity index (χ0n) is 21.9.